The highest BCUT2D eigenvalue weighted by Crippen LogP contribution is 2.27. The van der Waals surface area contributed by atoms with Gasteiger partial charge in [-0.1, -0.05) is 37.3 Å². The summed E-state index contributed by atoms with van der Waals surface area (Å²) in [4.78, 5) is 11.3. The van der Waals surface area contributed by atoms with E-state index in [1.165, 1.54) is 11.6 Å². The third-order valence-electron chi connectivity index (χ3n) is 3.20. The lowest BCUT2D eigenvalue weighted by molar-refractivity contribution is -0.124. The summed E-state index contributed by atoms with van der Waals surface area (Å²) >= 11 is 1.78. The lowest BCUT2D eigenvalue weighted by atomic mass is 10.1. The lowest BCUT2D eigenvalue weighted by Crippen LogP contribution is -2.28. The first-order valence-corrected chi connectivity index (χ1v) is 7.39. The molecule has 102 valence electrons. The molecule has 0 heterocycles. The van der Waals surface area contributed by atoms with E-state index in [4.69, 9.17) is 0 Å². The van der Waals surface area contributed by atoms with Crippen LogP contribution in [0, 0.1) is 0 Å². The molecule has 1 aromatic rings. The molecule has 3 atom stereocenters. The largest absolute Gasteiger partial charge is 0.386 e. The van der Waals surface area contributed by atoms with E-state index < -0.39 is 12.2 Å². The topological polar surface area (TPSA) is 57.5 Å². The van der Waals surface area contributed by atoms with Crippen LogP contribution in [-0.2, 0) is 10.5 Å². The molecule has 4 heteroatoms. The van der Waals surface area contributed by atoms with Gasteiger partial charge in [-0.2, -0.15) is 11.8 Å². The van der Waals surface area contributed by atoms with Crippen molar-refractivity contribution in [1.82, 2.24) is 0 Å². The lowest BCUT2D eigenvalue weighted by Gasteiger charge is -2.16. The number of aliphatic hydroxyl groups excluding tert-OH is 2. The summed E-state index contributed by atoms with van der Waals surface area (Å²) in [5.74, 6) is 0.518. The van der Waals surface area contributed by atoms with Crippen LogP contribution in [0.3, 0.4) is 0 Å². The highest BCUT2D eigenvalue weighted by molar-refractivity contribution is 7.99. The predicted molar refractivity (Wildman–Crippen MR) is 76.9 cm³/mol. The Morgan fingerprint density at radius 3 is 2.47 bits per heavy atom. The normalized spacial score (nSPS) is 24.4. The molecule has 19 heavy (non-hydrogen) atoms. The highest BCUT2D eigenvalue weighted by atomic mass is 32.2. The first-order valence-electron chi connectivity index (χ1n) is 6.34. The maximum atomic E-state index is 11.3. The van der Waals surface area contributed by atoms with Crippen LogP contribution in [0.25, 0.3) is 0 Å². The Kier molecular flexibility index (Phi) is 4.80. The van der Waals surface area contributed by atoms with Crippen molar-refractivity contribution in [2.24, 2.45) is 0 Å². The third-order valence-corrected chi connectivity index (χ3v) is 4.43. The Morgan fingerprint density at radius 2 is 1.89 bits per heavy atom. The summed E-state index contributed by atoms with van der Waals surface area (Å²) in [6, 6.07) is 10.2. The van der Waals surface area contributed by atoms with Crippen LogP contribution in [0.2, 0.25) is 0 Å². The Hall–Kier alpha value is -1.10. The maximum Gasteiger partial charge on any atom is 0.187 e. The minimum Gasteiger partial charge on any atom is -0.386 e. The molecule has 1 aromatic carbocycles. The standard InChI is InChI=1S/C15H18O3S/c1-10(19-9-11-5-3-2-4-6-11)7-12-8-13(16)15(18)14(12)17/h2-6,8,10,14-15,17-18H,7,9H2,1H3. The molecule has 1 aliphatic rings. The number of hydrogen-bond acceptors (Lipinski definition) is 4. The summed E-state index contributed by atoms with van der Waals surface area (Å²) in [5.41, 5.74) is 1.90. The van der Waals surface area contributed by atoms with E-state index in [1.807, 2.05) is 18.2 Å². The van der Waals surface area contributed by atoms with E-state index >= 15 is 0 Å². The van der Waals surface area contributed by atoms with Gasteiger partial charge in [0.1, 0.15) is 12.2 Å². The second-order valence-electron chi connectivity index (χ2n) is 4.82. The first-order chi connectivity index (χ1) is 9.08. The van der Waals surface area contributed by atoms with Crippen molar-refractivity contribution in [3.8, 4) is 0 Å². The Morgan fingerprint density at radius 1 is 1.21 bits per heavy atom. The number of aliphatic hydroxyl groups is 2. The van der Waals surface area contributed by atoms with Crippen molar-refractivity contribution >= 4 is 17.5 Å². The van der Waals surface area contributed by atoms with Crippen LogP contribution in [0.1, 0.15) is 18.9 Å². The van der Waals surface area contributed by atoms with Gasteiger partial charge in [0, 0.05) is 11.0 Å². The van der Waals surface area contributed by atoms with Gasteiger partial charge in [0.25, 0.3) is 0 Å². The van der Waals surface area contributed by atoms with Crippen molar-refractivity contribution in [2.75, 3.05) is 0 Å². The van der Waals surface area contributed by atoms with Crippen LogP contribution in [0.5, 0.6) is 0 Å². The molecule has 1 aliphatic carbocycles. The summed E-state index contributed by atoms with van der Waals surface area (Å²) in [7, 11) is 0. The average Bonchev–Trinajstić information content (AvgIpc) is 2.65. The fraction of sp³-hybridized carbons (Fsp3) is 0.400. The minimum absolute atomic E-state index is 0.291. The van der Waals surface area contributed by atoms with Gasteiger partial charge in [-0.15, -0.1) is 0 Å². The molecule has 0 aromatic heterocycles. The van der Waals surface area contributed by atoms with E-state index in [0.29, 0.717) is 17.2 Å². The zero-order chi connectivity index (χ0) is 13.8. The van der Waals surface area contributed by atoms with Gasteiger partial charge in [-0.05, 0) is 23.6 Å². The fourth-order valence-corrected chi connectivity index (χ4v) is 3.07. The quantitative estimate of drug-likeness (QED) is 0.864. The summed E-state index contributed by atoms with van der Waals surface area (Å²) in [5, 5.41) is 19.4. The number of carbonyl (C=O) groups excluding carboxylic acids is 1. The van der Waals surface area contributed by atoms with Crippen LogP contribution in [0.4, 0.5) is 0 Å². The van der Waals surface area contributed by atoms with Crippen molar-refractivity contribution in [2.45, 2.75) is 36.6 Å². The summed E-state index contributed by atoms with van der Waals surface area (Å²) < 4.78 is 0. The van der Waals surface area contributed by atoms with E-state index in [9.17, 15) is 15.0 Å². The van der Waals surface area contributed by atoms with Crippen molar-refractivity contribution < 1.29 is 15.0 Å². The van der Waals surface area contributed by atoms with Gasteiger partial charge in [0.05, 0.1) is 0 Å². The molecule has 2 rings (SSSR count). The maximum absolute atomic E-state index is 11.3. The first kappa shape index (κ1) is 14.3. The third kappa shape index (κ3) is 3.69. The van der Waals surface area contributed by atoms with Crippen molar-refractivity contribution in [3.63, 3.8) is 0 Å². The molecule has 0 fully saturated rings. The number of rotatable bonds is 5. The highest BCUT2D eigenvalue weighted by Gasteiger charge is 2.33. The SMILES string of the molecule is CC(CC1=CC(=O)C(O)C1O)SCc1ccccc1. The molecule has 0 aliphatic heterocycles. The zero-order valence-electron chi connectivity index (χ0n) is 10.8. The fourth-order valence-electron chi connectivity index (χ4n) is 2.10. The van der Waals surface area contributed by atoms with Crippen molar-refractivity contribution in [1.29, 1.82) is 0 Å². The summed E-state index contributed by atoms with van der Waals surface area (Å²) in [6.07, 6.45) is -0.273. The van der Waals surface area contributed by atoms with Gasteiger partial charge in [0.2, 0.25) is 0 Å². The number of carbonyl (C=O) groups is 1. The van der Waals surface area contributed by atoms with Gasteiger partial charge in [-0.25, -0.2) is 0 Å². The second kappa shape index (κ2) is 6.37. The monoisotopic (exact) mass is 278 g/mol. The van der Waals surface area contributed by atoms with E-state index in [1.54, 1.807) is 11.8 Å². The van der Waals surface area contributed by atoms with Gasteiger partial charge < -0.3 is 10.2 Å². The molecule has 3 nitrogen and oxygen atoms in total. The van der Waals surface area contributed by atoms with Crippen LogP contribution in [0.15, 0.2) is 42.0 Å². The Balaban J connectivity index is 1.84. The van der Waals surface area contributed by atoms with Gasteiger partial charge in [-0.3, -0.25) is 4.79 Å². The van der Waals surface area contributed by atoms with Crippen LogP contribution in [-0.4, -0.2) is 33.5 Å². The Bertz CT molecular complexity index is 470. The molecule has 0 bridgehead atoms. The average molecular weight is 278 g/mol. The number of hydrogen-bond donors (Lipinski definition) is 2. The molecular weight excluding hydrogens is 260 g/mol. The molecule has 2 N–H and O–H groups in total. The predicted octanol–water partition coefficient (Wildman–Crippen LogP) is 1.93. The Labute approximate surface area is 117 Å². The van der Waals surface area contributed by atoms with Crippen LogP contribution >= 0.6 is 11.8 Å². The molecule has 0 spiro atoms. The van der Waals surface area contributed by atoms with E-state index in [0.717, 1.165) is 5.75 Å². The molecular formula is C15H18O3S. The molecule has 0 amide bonds. The number of ketones is 1. The van der Waals surface area contributed by atoms with Crippen LogP contribution < -0.4 is 0 Å². The van der Waals surface area contributed by atoms with Crippen molar-refractivity contribution in [3.05, 3.63) is 47.5 Å². The number of thioether (sulfide) groups is 1. The van der Waals surface area contributed by atoms with Gasteiger partial charge in [0.15, 0.2) is 5.78 Å². The summed E-state index contributed by atoms with van der Waals surface area (Å²) in [6.45, 7) is 2.07. The minimum atomic E-state index is -1.26. The molecule has 3 unspecified atom stereocenters. The zero-order valence-corrected chi connectivity index (χ0v) is 11.6. The molecule has 0 saturated heterocycles. The molecule has 0 saturated carbocycles. The van der Waals surface area contributed by atoms with E-state index in [2.05, 4.69) is 19.1 Å². The number of benzene rings is 1. The van der Waals surface area contributed by atoms with E-state index in [-0.39, 0.29) is 5.78 Å². The van der Waals surface area contributed by atoms with Gasteiger partial charge >= 0.3 is 0 Å². The smallest absolute Gasteiger partial charge is 0.187 e. The molecule has 0 radical (unpaired) electrons. The second-order valence-corrected chi connectivity index (χ2v) is 6.25.